The molecular weight excluding hydrogens is 401 g/mol. The highest BCUT2D eigenvalue weighted by molar-refractivity contribution is 5.87. The van der Waals surface area contributed by atoms with Gasteiger partial charge in [-0.25, -0.2) is 9.18 Å². The number of hydrogen-bond acceptors (Lipinski definition) is 7. The van der Waals surface area contributed by atoms with E-state index < -0.39 is 5.67 Å². The fourth-order valence-corrected chi connectivity index (χ4v) is 3.59. The highest BCUT2D eigenvalue weighted by atomic mass is 19.1. The van der Waals surface area contributed by atoms with E-state index in [2.05, 4.69) is 15.5 Å². The Bertz CT molecular complexity index is 977. The summed E-state index contributed by atoms with van der Waals surface area (Å²) in [6.07, 6.45) is 2.79. The summed E-state index contributed by atoms with van der Waals surface area (Å²) in [4.78, 5) is 18.1. The molecule has 2 aromatic rings. The van der Waals surface area contributed by atoms with Crippen LogP contribution in [0.25, 0.3) is 11.4 Å². The molecule has 1 aliphatic heterocycles. The summed E-state index contributed by atoms with van der Waals surface area (Å²) < 4.78 is 26.3. The van der Waals surface area contributed by atoms with Crippen LogP contribution in [-0.4, -0.2) is 52.1 Å². The van der Waals surface area contributed by atoms with Gasteiger partial charge < -0.3 is 24.9 Å². The Kier molecular flexibility index (Phi) is 5.45. The lowest BCUT2D eigenvalue weighted by Gasteiger charge is -2.34. The smallest absolute Gasteiger partial charge is 0.410 e. The Labute approximate surface area is 180 Å². The Balaban J connectivity index is 1.46. The van der Waals surface area contributed by atoms with E-state index in [0.29, 0.717) is 11.4 Å². The summed E-state index contributed by atoms with van der Waals surface area (Å²) in [7, 11) is 0. The van der Waals surface area contributed by atoms with E-state index in [0.717, 1.165) is 24.1 Å². The first-order chi connectivity index (χ1) is 14.7. The van der Waals surface area contributed by atoms with E-state index in [9.17, 15) is 4.79 Å². The third kappa shape index (κ3) is 4.55. The lowest BCUT2D eigenvalue weighted by atomic mass is 9.93. The monoisotopic (exact) mass is 429 g/mol. The number of piperidine rings is 1. The molecule has 1 aromatic carbocycles. The first-order valence-corrected chi connectivity index (χ1v) is 10.6. The summed E-state index contributed by atoms with van der Waals surface area (Å²) in [5, 5.41) is 14.8. The van der Waals surface area contributed by atoms with Gasteiger partial charge in [-0.2, -0.15) is 4.98 Å². The maximum Gasteiger partial charge on any atom is 0.410 e. The first kappa shape index (κ1) is 21.3. The standard InChI is InChI=1S/C22H28FN5O3/c1-14(2)25-17-12-15(4-5-16(17)13-24)18-26-19(31-27-18)22(23)8-10-28(11-9-22)20(29)30-21(3)6-7-21/h4-5,12-14,24-25H,6-11H2,1-3H3. The van der Waals surface area contributed by atoms with Gasteiger partial charge in [0, 0.05) is 55.0 Å². The Morgan fingerprint density at radius 2 is 2.03 bits per heavy atom. The molecule has 31 heavy (non-hydrogen) atoms. The fourth-order valence-electron chi connectivity index (χ4n) is 3.59. The summed E-state index contributed by atoms with van der Waals surface area (Å²) in [6, 6.07) is 5.58. The molecule has 0 spiro atoms. The maximum atomic E-state index is 15.6. The van der Waals surface area contributed by atoms with Gasteiger partial charge in [0.1, 0.15) is 5.60 Å². The number of alkyl halides is 1. The molecule has 4 rings (SSSR count). The van der Waals surface area contributed by atoms with E-state index >= 15 is 4.39 Å². The molecule has 2 fully saturated rings. The van der Waals surface area contributed by atoms with Crippen LogP contribution in [0.3, 0.4) is 0 Å². The van der Waals surface area contributed by atoms with E-state index in [1.54, 1.807) is 17.0 Å². The van der Waals surface area contributed by atoms with Crippen LogP contribution >= 0.6 is 0 Å². The number of anilines is 1. The molecule has 9 heteroatoms. The van der Waals surface area contributed by atoms with Gasteiger partial charge in [-0.05, 0) is 39.7 Å². The summed E-state index contributed by atoms with van der Waals surface area (Å²) in [5.41, 5.74) is 0.0621. The number of nitrogens with zero attached hydrogens (tertiary/aromatic N) is 3. The van der Waals surface area contributed by atoms with Crippen LogP contribution in [0.4, 0.5) is 14.9 Å². The lowest BCUT2D eigenvalue weighted by Crippen LogP contribution is -2.44. The molecule has 2 aliphatic rings. The number of nitrogens with one attached hydrogen (secondary N) is 2. The zero-order valence-electron chi connectivity index (χ0n) is 18.1. The summed E-state index contributed by atoms with van der Waals surface area (Å²) in [6.45, 7) is 6.39. The van der Waals surface area contributed by atoms with Crippen LogP contribution in [0, 0.1) is 5.41 Å². The van der Waals surface area contributed by atoms with Crippen LogP contribution in [-0.2, 0) is 10.4 Å². The normalized spacial score (nSPS) is 19.2. The van der Waals surface area contributed by atoms with Gasteiger partial charge in [0.05, 0.1) is 0 Å². The second-order valence-corrected chi connectivity index (χ2v) is 8.94. The van der Waals surface area contributed by atoms with Crippen molar-refractivity contribution in [3.63, 3.8) is 0 Å². The molecule has 1 saturated heterocycles. The zero-order valence-corrected chi connectivity index (χ0v) is 18.1. The highest BCUT2D eigenvalue weighted by Gasteiger charge is 2.46. The molecular formula is C22H28FN5O3. The molecule has 1 aliphatic carbocycles. The number of benzene rings is 1. The van der Waals surface area contributed by atoms with Crippen molar-refractivity contribution in [2.24, 2.45) is 0 Å². The number of carbonyl (C=O) groups excluding carboxylic acids is 1. The van der Waals surface area contributed by atoms with Crippen molar-refractivity contribution in [2.75, 3.05) is 18.4 Å². The highest BCUT2D eigenvalue weighted by Crippen LogP contribution is 2.41. The van der Waals surface area contributed by atoms with Crippen LogP contribution in [0.15, 0.2) is 22.7 Å². The number of amides is 1. The Hall–Kier alpha value is -2.97. The molecule has 1 saturated carbocycles. The van der Waals surface area contributed by atoms with Gasteiger partial charge in [0.25, 0.3) is 5.89 Å². The number of ether oxygens (including phenoxy) is 1. The van der Waals surface area contributed by atoms with Crippen molar-refractivity contribution in [3.05, 3.63) is 29.7 Å². The number of carbonyl (C=O) groups is 1. The SMILES string of the molecule is CC(C)Nc1cc(-c2noc(C3(F)CCN(C(=O)OC4(C)CC4)CC3)n2)ccc1C=N. The number of likely N-dealkylation sites (tertiary alicyclic amines) is 1. The van der Waals surface area contributed by atoms with Crippen molar-refractivity contribution in [1.82, 2.24) is 15.0 Å². The summed E-state index contributed by atoms with van der Waals surface area (Å²) in [5.74, 6) is 0.220. The van der Waals surface area contributed by atoms with Gasteiger partial charge in [0.15, 0.2) is 5.67 Å². The van der Waals surface area contributed by atoms with E-state index in [4.69, 9.17) is 14.7 Å². The largest absolute Gasteiger partial charge is 0.443 e. The third-order valence-corrected chi connectivity index (χ3v) is 5.82. The lowest BCUT2D eigenvalue weighted by molar-refractivity contribution is 0.00873. The second-order valence-electron chi connectivity index (χ2n) is 8.94. The molecule has 8 nitrogen and oxygen atoms in total. The topological polar surface area (TPSA) is 104 Å². The Morgan fingerprint density at radius 3 is 2.65 bits per heavy atom. The summed E-state index contributed by atoms with van der Waals surface area (Å²) >= 11 is 0. The third-order valence-electron chi connectivity index (χ3n) is 5.82. The van der Waals surface area contributed by atoms with Gasteiger partial charge in [-0.3, -0.25) is 0 Å². The first-order valence-electron chi connectivity index (χ1n) is 10.6. The Morgan fingerprint density at radius 1 is 1.32 bits per heavy atom. The second kappa shape index (κ2) is 7.94. The molecule has 166 valence electrons. The molecule has 0 atom stereocenters. The van der Waals surface area contributed by atoms with Crippen LogP contribution in [0.5, 0.6) is 0 Å². The average Bonchev–Trinajstić information content (AvgIpc) is 3.25. The van der Waals surface area contributed by atoms with Crippen molar-refractivity contribution < 1.29 is 18.4 Å². The van der Waals surface area contributed by atoms with Crippen molar-refractivity contribution in [2.45, 2.75) is 63.8 Å². The molecule has 0 radical (unpaired) electrons. The number of aromatic nitrogens is 2. The van der Waals surface area contributed by atoms with Gasteiger partial charge >= 0.3 is 6.09 Å². The van der Waals surface area contributed by atoms with Crippen molar-refractivity contribution in [3.8, 4) is 11.4 Å². The number of hydrogen-bond donors (Lipinski definition) is 2. The predicted molar refractivity (Wildman–Crippen MR) is 114 cm³/mol. The van der Waals surface area contributed by atoms with E-state index in [1.165, 1.54) is 6.21 Å². The van der Waals surface area contributed by atoms with Crippen LogP contribution in [0.2, 0.25) is 0 Å². The van der Waals surface area contributed by atoms with Gasteiger partial charge in [-0.15, -0.1) is 0 Å². The van der Waals surface area contributed by atoms with Crippen molar-refractivity contribution >= 4 is 18.0 Å². The number of rotatable bonds is 6. The predicted octanol–water partition coefficient (Wildman–Crippen LogP) is 4.50. The molecule has 0 bridgehead atoms. The van der Waals surface area contributed by atoms with E-state index in [-0.39, 0.29) is 49.6 Å². The zero-order chi connectivity index (χ0) is 22.2. The van der Waals surface area contributed by atoms with E-state index in [1.807, 2.05) is 26.8 Å². The van der Waals surface area contributed by atoms with Crippen LogP contribution < -0.4 is 5.32 Å². The van der Waals surface area contributed by atoms with Gasteiger partial charge in [-0.1, -0.05) is 17.3 Å². The molecule has 2 N–H and O–H groups in total. The van der Waals surface area contributed by atoms with Crippen molar-refractivity contribution in [1.29, 1.82) is 5.41 Å². The number of halogens is 1. The maximum absolute atomic E-state index is 15.6. The average molecular weight is 429 g/mol. The minimum Gasteiger partial charge on any atom is -0.443 e. The van der Waals surface area contributed by atoms with Gasteiger partial charge in [0.2, 0.25) is 5.82 Å². The minimum atomic E-state index is -1.78. The molecule has 0 unspecified atom stereocenters. The fraction of sp³-hybridized carbons (Fsp3) is 0.545. The minimum absolute atomic E-state index is 0.0702. The van der Waals surface area contributed by atoms with Crippen LogP contribution in [0.1, 0.15) is 57.9 Å². The molecule has 2 heterocycles. The molecule has 1 aromatic heterocycles. The molecule has 1 amide bonds. The quantitative estimate of drug-likeness (QED) is 0.655.